The zero-order valence-corrected chi connectivity index (χ0v) is 16.2. The number of amides is 1. The van der Waals surface area contributed by atoms with Gasteiger partial charge >= 0.3 is 5.97 Å². The first-order valence-corrected chi connectivity index (χ1v) is 8.88. The predicted molar refractivity (Wildman–Crippen MR) is 107 cm³/mol. The van der Waals surface area contributed by atoms with Crippen molar-refractivity contribution in [3.05, 3.63) is 69.1 Å². The minimum atomic E-state index is -0.472. The van der Waals surface area contributed by atoms with Gasteiger partial charge in [0.2, 0.25) is 0 Å². The molecule has 0 aliphatic carbocycles. The van der Waals surface area contributed by atoms with E-state index in [4.69, 9.17) is 4.74 Å². The topological polar surface area (TPSA) is 90.3 Å². The Kier molecular flexibility index (Phi) is 5.26. The highest BCUT2D eigenvalue weighted by Gasteiger charge is 2.18. The van der Waals surface area contributed by atoms with E-state index in [1.54, 1.807) is 43.3 Å². The fraction of sp³-hybridized carbons (Fsp3) is 0.238. The summed E-state index contributed by atoms with van der Waals surface area (Å²) in [5.74, 6) is -0.933. The van der Waals surface area contributed by atoms with Gasteiger partial charge in [-0.3, -0.25) is 9.59 Å². The number of hydrogen-bond donors (Lipinski definition) is 1. The third-order valence-corrected chi connectivity index (χ3v) is 4.71. The van der Waals surface area contributed by atoms with Gasteiger partial charge in [0.05, 0.1) is 18.1 Å². The van der Waals surface area contributed by atoms with E-state index in [9.17, 15) is 14.4 Å². The van der Waals surface area contributed by atoms with Crippen LogP contribution in [0.15, 0.2) is 41.2 Å². The minimum absolute atomic E-state index is 0.148. The van der Waals surface area contributed by atoms with Gasteiger partial charge in [0.25, 0.3) is 11.5 Å². The Morgan fingerprint density at radius 1 is 1.14 bits per heavy atom. The van der Waals surface area contributed by atoms with Crippen molar-refractivity contribution in [2.45, 2.75) is 27.3 Å². The number of rotatable bonds is 4. The molecule has 0 saturated carbocycles. The molecule has 3 aromatic rings. The van der Waals surface area contributed by atoms with Crippen LogP contribution >= 0.6 is 0 Å². The van der Waals surface area contributed by atoms with Crippen LogP contribution in [0.2, 0.25) is 0 Å². The van der Waals surface area contributed by atoms with E-state index >= 15 is 0 Å². The molecular formula is C21H21N3O4. The summed E-state index contributed by atoms with van der Waals surface area (Å²) in [5.41, 5.74) is 2.37. The van der Waals surface area contributed by atoms with Crippen LogP contribution in [0.3, 0.4) is 0 Å². The van der Waals surface area contributed by atoms with Gasteiger partial charge < -0.3 is 10.1 Å². The van der Waals surface area contributed by atoms with E-state index in [0.717, 1.165) is 11.1 Å². The molecular weight excluding hydrogens is 358 g/mol. The summed E-state index contributed by atoms with van der Waals surface area (Å²) in [6, 6.07) is 10.2. The van der Waals surface area contributed by atoms with Gasteiger partial charge in [0.15, 0.2) is 5.69 Å². The van der Waals surface area contributed by atoms with Crippen molar-refractivity contribution in [2.75, 3.05) is 12.4 Å². The third kappa shape index (κ3) is 3.38. The lowest BCUT2D eigenvalue weighted by atomic mass is 10.0. The van der Waals surface area contributed by atoms with E-state index in [0.29, 0.717) is 28.6 Å². The molecule has 7 heteroatoms. The second-order valence-electron chi connectivity index (χ2n) is 6.43. The molecule has 0 saturated heterocycles. The molecule has 3 rings (SSSR count). The number of nitrogens with zero attached hydrogens (tertiary/aromatic N) is 2. The number of anilines is 1. The molecule has 7 nitrogen and oxygen atoms in total. The number of aryl methyl sites for hydroxylation is 2. The average Bonchev–Trinajstić information content (AvgIpc) is 2.70. The lowest BCUT2D eigenvalue weighted by molar-refractivity contribution is 0.0599. The highest BCUT2D eigenvalue weighted by Crippen LogP contribution is 2.22. The largest absolute Gasteiger partial charge is 0.465 e. The Labute approximate surface area is 161 Å². The zero-order valence-electron chi connectivity index (χ0n) is 16.2. The van der Waals surface area contributed by atoms with Crippen molar-refractivity contribution in [3.8, 4) is 0 Å². The smallest absolute Gasteiger partial charge is 0.338 e. The van der Waals surface area contributed by atoms with Crippen molar-refractivity contribution in [1.82, 2.24) is 9.78 Å². The fourth-order valence-corrected chi connectivity index (χ4v) is 3.06. The Morgan fingerprint density at radius 3 is 2.46 bits per heavy atom. The number of nitrogens with one attached hydrogen (secondary N) is 1. The molecule has 2 aromatic carbocycles. The Hall–Kier alpha value is -3.48. The summed E-state index contributed by atoms with van der Waals surface area (Å²) >= 11 is 0. The van der Waals surface area contributed by atoms with Crippen LogP contribution in [0.4, 0.5) is 5.69 Å². The lowest BCUT2D eigenvalue weighted by Crippen LogP contribution is -2.27. The molecule has 1 heterocycles. The third-order valence-electron chi connectivity index (χ3n) is 4.71. The standard InChI is InChI=1S/C21H21N3O4/c1-5-24-20(26)16-9-7-6-8-15(16)18(23-24)19(25)22-14-10-12(2)13(3)17(11-14)21(27)28-4/h6-11H,5H2,1-4H3,(H,22,25). The van der Waals surface area contributed by atoms with Crippen molar-refractivity contribution in [1.29, 1.82) is 0 Å². The number of benzene rings is 2. The first-order chi connectivity index (χ1) is 13.4. The van der Waals surface area contributed by atoms with Crippen LogP contribution in [-0.4, -0.2) is 28.8 Å². The number of methoxy groups -OCH3 is 1. The Bertz CT molecular complexity index is 1150. The van der Waals surface area contributed by atoms with Crippen molar-refractivity contribution < 1.29 is 14.3 Å². The molecule has 0 aliphatic rings. The van der Waals surface area contributed by atoms with Crippen molar-refractivity contribution >= 4 is 28.3 Å². The van der Waals surface area contributed by atoms with Crippen LogP contribution in [0.25, 0.3) is 10.8 Å². The second kappa shape index (κ2) is 7.64. The van der Waals surface area contributed by atoms with E-state index in [-0.39, 0.29) is 11.3 Å². The molecule has 1 aromatic heterocycles. The van der Waals surface area contributed by atoms with Crippen LogP contribution in [0.1, 0.15) is 38.9 Å². The Morgan fingerprint density at radius 2 is 1.82 bits per heavy atom. The first kappa shape index (κ1) is 19.3. The van der Waals surface area contributed by atoms with Gasteiger partial charge in [0.1, 0.15) is 0 Å². The van der Waals surface area contributed by atoms with Crippen LogP contribution in [0, 0.1) is 13.8 Å². The molecule has 0 unspecified atom stereocenters. The van der Waals surface area contributed by atoms with Gasteiger partial charge in [-0.2, -0.15) is 5.10 Å². The maximum atomic E-state index is 12.9. The number of ether oxygens (including phenoxy) is 1. The molecule has 144 valence electrons. The number of hydrogen-bond acceptors (Lipinski definition) is 5. The van der Waals surface area contributed by atoms with Gasteiger partial charge in [0, 0.05) is 17.6 Å². The lowest BCUT2D eigenvalue weighted by Gasteiger charge is -2.13. The molecule has 0 atom stereocenters. The number of fused-ring (bicyclic) bond motifs is 1. The maximum absolute atomic E-state index is 12.9. The normalized spacial score (nSPS) is 10.7. The highest BCUT2D eigenvalue weighted by molar-refractivity contribution is 6.11. The summed E-state index contributed by atoms with van der Waals surface area (Å²) in [7, 11) is 1.31. The average molecular weight is 379 g/mol. The maximum Gasteiger partial charge on any atom is 0.338 e. The van der Waals surface area contributed by atoms with Crippen LogP contribution in [-0.2, 0) is 11.3 Å². The van der Waals surface area contributed by atoms with Gasteiger partial charge in [-0.05, 0) is 50.1 Å². The second-order valence-corrected chi connectivity index (χ2v) is 6.43. The zero-order chi connectivity index (χ0) is 20.4. The quantitative estimate of drug-likeness (QED) is 0.704. The van der Waals surface area contributed by atoms with Gasteiger partial charge in [-0.1, -0.05) is 18.2 Å². The van der Waals surface area contributed by atoms with Gasteiger partial charge in [-0.25, -0.2) is 9.48 Å². The minimum Gasteiger partial charge on any atom is -0.465 e. The fourth-order valence-electron chi connectivity index (χ4n) is 3.06. The summed E-state index contributed by atoms with van der Waals surface area (Å²) < 4.78 is 6.08. The van der Waals surface area contributed by atoms with E-state index in [2.05, 4.69) is 10.4 Å². The molecule has 28 heavy (non-hydrogen) atoms. The summed E-state index contributed by atoms with van der Waals surface area (Å²) in [4.78, 5) is 37.4. The highest BCUT2D eigenvalue weighted by atomic mass is 16.5. The number of carbonyl (C=O) groups excluding carboxylic acids is 2. The SMILES string of the molecule is CCn1nc(C(=O)Nc2cc(C)c(C)c(C(=O)OC)c2)c2ccccc2c1=O. The van der Waals surface area contributed by atoms with E-state index < -0.39 is 11.9 Å². The van der Waals surface area contributed by atoms with Crippen LogP contribution < -0.4 is 10.9 Å². The predicted octanol–water partition coefficient (Wildman–Crippen LogP) is 3.07. The van der Waals surface area contributed by atoms with E-state index in [1.807, 2.05) is 13.8 Å². The van der Waals surface area contributed by atoms with E-state index in [1.165, 1.54) is 11.8 Å². The monoisotopic (exact) mass is 379 g/mol. The van der Waals surface area contributed by atoms with Crippen molar-refractivity contribution in [3.63, 3.8) is 0 Å². The molecule has 0 spiro atoms. The number of carbonyl (C=O) groups is 2. The molecule has 0 radical (unpaired) electrons. The first-order valence-electron chi connectivity index (χ1n) is 8.88. The number of esters is 1. The molecule has 0 fully saturated rings. The van der Waals surface area contributed by atoms with Crippen molar-refractivity contribution in [2.24, 2.45) is 0 Å². The summed E-state index contributed by atoms with van der Waals surface area (Å²) in [6.45, 7) is 5.80. The van der Waals surface area contributed by atoms with Gasteiger partial charge in [-0.15, -0.1) is 0 Å². The summed E-state index contributed by atoms with van der Waals surface area (Å²) in [6.07, 6.45) is 0. The summed E-state index contributed by atoms with van der Waals surface area (Å²) in [5, 5.41) is 7.92. The molecule has 1 N–H and O–H groups in total. The Balaban J connectivity index is 2.07. The number of aromatic nitrogens is 2. The molecule has 1 amide bonds. The molecule has 0 bridgehead atoms. The molecule has 0 aliphatic heterocycles. The van der Waals surface area contributed by atoms with Crippen LogP contribution in [0.5, 0.6) is 0 Å².